The number of likely N-dealkylation sites (tertiary alicyclic amines) is 1. The predicted molar refractivity (Wildman–Crippen MR) is 142 cm³/mol. The van der Waals surface area contributed by atoms with Gasteiger partial charge in [0.15, 0.2) is 0 Å². The molecule has 1 atom stereocenters. The molecule has 1 aromatic heterocycles. The van der Waals surface area contributed by atoms with Crippen LogP contribution < -0.4 is 10.6 Å². The Morgan fingerprint density at radius 2 is 1.86 bits per heavy atom. The van der Waals surface area contributed by atoms with Crippen LogP contribution in [0.15, 0.2) is 30.5 Å². The number of nitrogens with two attached hydrogens (primary N) is 1. The molecule has 2 N–H and O–H groups in total. The molecule has 2 saturated heterocycles. The minimum atomic E-state index is -0.476. The normalized spacial score (nSPS) is 19.5. The monoisotopic (exact) mass is 493 g/mol. The minimum Gasteiger partial charge on any atom is -0.366 e. The Labute approximate surface area is 214 Å². The van der Waals surface area contributed by atoms with Crippen LogP contribution in [-0.2, 0) is 4.79 Å². The number of primary amides is 1. The topological polar surface area (TPSA) is 98.9 Å². The molecule has 0 radical (unpaired) electrons. The summed E-state index contributed by atoms with van der Waals surface area (Å²) in [5, 5.41) is 0. The van der Waals surface area contributed by atoms with Crippen LogP contribution in [0.25, 0.3) is 11.1 Å². The molecule has 4 rings (SSSR count). The predicted octanol–water partition coefficient (Wildman–Crippen LogP) is 2.39. The van der Waals surface area contributed by atoms with Gasteiger partial charge in [-0.1, -0.05) is 12.1 Å². The highest BCUT2D eigenvalue weighted by Crippen LogP contribution is 2.36. The Morgan fingerprint density at radius 1 is 1.11 bits per heavy atom. The summed E-state index contributed by atoms with van der Waals surface area (Å²) in [4.78, 5) is 43.6. The van der Waals surface area contributed by atoms with Crippen LogP contribution in [-0.4, -0.2) is 95.9 Å². The Hall–Kier alpha value is -3.04. The summed E-state index contributed by atoms with van der Waals surface area (Å²) in [6.45, 7) is 9.40. The largest absolute Gasteiger partial charge is 0.366 e. The van der Waals surface area contributed by atoms with Crippen molar-refractivity contribution in [3.8, 4) is 11.1 Å². The zero-order valence-electron chi connectivity index (χ0n) is 22.0. The second-order valence-corrected chi connectivity index (χ2v) is 10.3. The van der Waals surface area contributed by atoms with Gasteiger partial charge in [-0.25, -0.2) is 9.97 Å². The lowest BCUT2D eigenvalue weighted by Gasteiger charge is -2.40. The van der Waals surface area contributed by atoms with Crippen molar-refractivity contribution in [2.24, 2.45) is 5.73 Å². The lowest BCUT2D eigenvalue weighted by molar-refractivity contribution is -0.136. The van der Waals surface area contributed by atoms with Gasteiger partial charge in [-0.2, -0.15) is 0 Å². The molecule has 0 unspecified atom stereocenters. The number of rotatable bonds is 7. The van der Waals surface area contributed by atoms with Gasteiger partial charge in [0.05, 0.1) is 18.3 Å². The highest BCUT2D eigenvalue weighted by atomic mass is 16.2. The summed E-state index contributed by atoms with van der Waals surface area (Å²) in [5.41, 5.74) is 8.47. The number of piperidine rings is 1. The van der Waals surface area contributed by atoms with Crippen molar-refractivity contribution < 1.29 is 9.59 Å². The third kappa shape index (κ3) is 5.84. The maximum absolute atomic E-state index is 13.6. The summed E-state index contributed by atoms with van der Waals surface area (Å²) in [6.07, 6.45) is 4.67. The van der Waals surface area contributed by atoms with Crippen LogP contribution in [0.3, 0.4) is 0 Å². The molecule has 1 aromatic carbocycles. The lowest BCUT2D eigenvalue weighted by Crippen LogP contribution is -2.52. The quantitative estimate of drug-likeness (QED) is 0.632. The molecular weight excluding hydrogens is 454 g/mol. The van der Waals surface area contributed by atoms with Gasteiger partial charge >= 0.3 is 0 Å². The third-order valence-corrected chi connectivity index (χ3v) is 7.30. The van der Waals surface area contributed by atoms with Gasteiger partial charge in [-0.3, -0.25) is 19.4 Å². The molecular formula is C27H39N7O2. The van der Waals surface area contributed by atoms with Gasteiger partial charge in [0, 0.05) is 70.2 Å². The number of aromatic nitrogens is 2. The first-order valence-electron chi connectivity index (χ1n) is 12.9. The number of carbonyl (C=O) groups is 2. The SMILES string of the molecule is CC(C)N1CCN(CC(=O)N2CCCC[C@@H]2c2nc(N(C)C)ncc2-c2cccc(C(N)=O)c2)CC1. The third-order valence-electron chi connectivity index (χ3n) is 7.30. The first-order chi connectivity index (χ1) is 17.2. The Morgan fingerprint density at radius 3 is 2.53 bits per heavy atom. The average Bonchev–Trinajstić information content (AvgIpc) is 2.88. The fraction of sp³-hybridized carbons (Fsp3) is 0.556. The molecule has 0 spiro atoms. The van der Waals surface area contributed by atoms with E-state index in [9.17, 15) is 9.59 Å². The zero-order chi connectivity index (χ0) is 25.8. The molecule has 0 bridgehead atoms. The number of hydrogen-bond donors (Lipinski definition) is 1. The molecule has 2 aromatic rings. The van der Waals surface area contributed by atoms with Crippen molar-refractivity contribution >= 4 is 17.8 Å². The van der Waals surface area contributed by atoms with E-state index in [-0.39, 0.29) is 11.9 Å². The van der Waals surface area contributed by atoms with E-state index in [1.54, 1.807) is 18.3 Å². The molecule has 0 saturated carbocycles. The number of anilines is 1. The Bertz CT molecular complexity index is 1080. The number of piperazine rings is 1. The summed E-state index contributed by atoms with van der Waals surface area (Å²) in [6, 6.07) is 7.63. The van der Waals surface area contributed by atoms with Crippen LogP contribution in [0.2, 0.25) is 0 Å². The molecule has 2 amide bonds. The van der Waals surface area contributed by atoms with Crippen LogP contribution in [0, 0.1) is 0 Å². The van der Waals surface area contributed by atoms with E-state index in [4.69, 9.17) is 10.7 Å². The second-order valence-electron chi connectivity index (χ2n) is 10.3. The zero-order valence-corrected chi connectivity index (χ0v) is 22.0. The van der Waals surface area contributed by atoms with E-state index < -0.39 is 5.91 Å². The van der Waals surface area contributed by atoms with Gasteiger partial charge in [0.2, 0.25) is 17.8 Å². The van der Waals surface area contributed by atoms with E-state index in [1.165, 1.54) is 0 Å². The number of carbonyl (C=O) groups excluding carboxylic acids is 2. The van der Waals surface area contributed by atoms with Crippen molar-refractivity contribution in [2.75, 3.05) is 58.3 Å². The van der Waals surface area contributed by atoms with Crippen molar-refractivity contribution in [3.63, 3.8) is 0 Å². The molecule has 3 heterocycles. The van der Waals surface area contributed by atoms with Crippen molar-refractivity contribution in [2.45, 2.75) is 45.2 Å². The minimum absolute atomic E-state index is 0.142. The van der Waals surface area contributed by atoms with Crippen LogP contribution in [0.5, 0.6) is 0 Å². The van der Waals surface area contributed by atoms with E-state index in [2.05, 4.69) is 28.6 Å². The molecule has 194 valence electrons. The highest BCUT2D eigenvalue weighted by Gasteiger charge is 2.33. The average molecular weight is 494 g/mol. The molecule has 36 heavy (non-hydrogen) atoms. The van der Waals surface area contributed by atoms with Crippen LogP contribution in [0.4, 0.5) is 5.95 Å². The first-order valence-corrected chi connectivity index (χ1v) is 12.9. The van der Waals surface area contributed by atoms with Gasteiger partial charge in [0.25, 0.3) is 0 Å². The number of amides is 2. The molecule has 9 nitrogen and oxygen atoms in total. The van der Waals surface area contributed by atoms with Crippen molar-refractivity contribution in [3.05, 3.63) is 41.7 Å². The van der Waals surface area contributed by atoms with Crippen molar-refractivity contribution in [1.29, 1.82) is 0 Å². The van der Waals surface area contributed by atoms with E-state index in [1.807, 2.05) is 36.0 Å². The van der Waals surface area contributed by atoms with Gasteiger partial charge < -0.3 is 15.5 Å². The number of nitrogens with zero attached hydrogens (tertiary/aromatic N) is 6. The van der Waals surface area contributed by atoms with Crippen LogP contribution in [0.1, 0.15) is 55.2 Å². The lowest BCUT2D eigenvalue weighted by atomic mass is 9.93. The molecule has 2 fully saturated rings. The summed E-state index contributed by atoms with van der Waals surface area (Å²) in [7, 11) is 3.82. The molecule has 2 aliphatic rings. The van der Waals surface area contributed by atoms with Gasteiger partial charge in [-0.05, 0) is 50.8 Å². The maximum atomic E-state index is 13.6. The summed E-state index contributed by atoms with van der Waals surface area (Å²) in [5.74, 6) is 0.276. The first kappa shape index (κ1) is 26.0. The molecule has 9 heteroatoms. The number of hydrogen-bond acceptors (Lipinski definition) is 7. The highest BCUT2D eigenvalue weighted by molar-refractivity contribution is 5.94. The van der Waals surface area contributed by atoms with Gasteiger partial charge in [0.1, 0.15) is 0 Å². The summed E-state index contributed by atoms with van der Waals surface area (Å²) < 4.78 is 0. The Kier molecular flexibility index (Phi) is 8.21. The standard InChI is InChI=1S/C27H39N7O2/c1-19(2)33-14-12-32(13-15-33)18-24(35)34-11-6-5-10-23(34)25-22(17-29-27(30-25)31(3)4)20-8-7-9-21(16-20)26(28)36/h7-9,16-17,19,23H,5-6,10-15,18H2,1-4H3,(H2,28,36)/t23-/m1/s1. The molecule has 0 aliphatic carbocycles. The second kappa shape index (κ2) is 11.3. The fourth-order valence-corrected chi connectivity index (χ4v) is 5.15. The van der Waals surface area contributed by atoms with E-state index in [0.29, 0.717) is 24.1 Å². The van der Waals surface area contributed by atoms with E-state index in [0.717, 1.165) is 68.8 Å². The van der Waals surface area contributed by atoms with E-state index >= 15 is 0 Å². The summed E-state index contributed by atoms with van der Waals surface area (Å²) >= 11 is 0. The smallest absolute Gasteiger partial charge is 0.248 e. The fourth-order valence-electron chi connectivity index (χ4n) is 5.15. The Balaban J connectivity index is 1.63. The van der Waals surface area contributed by atoms with Crippen molar-refractivity contribution in [1.82, 2.24) is 24.7 Å². The maximum Gasteiger partial charge on any atom is 0.248 e. The van der Waals surface area contributed by atoms with Gasteiger partial charge in [-0.15, -0.1) is 0 Å². The van der Waals surface area contributed by atoms with Crippen LogP contribution >= 0.6 is 0 Å². The number of benzene rings is 1. The molecule has 2 aliphatic heterocycles.